The number of methoxy groups -OCH3 is 1. The number of nitrogens with zero attached hydrogens (tertiary/aromatic N) is 4. The zero-order chi connectivity index (χ0) is 61.6. The van der Waals surface area contributed by atoms with E-state index in [1.54, 1.807) is 52.0 Å². The summed E-state index contributed by atoms with van der Waals surface area (Å²) in [7, 11) is 4.35. The van der Waals surface area contributed by atoms with Crippen LogP contribution in [-0.4, -0.2) is 191 Å². The average molecular weight is 1150 g/mol. The minimum absolute atomic E-state index is 0.0914. The number of carbonyl (C=O) groups is 10. The molecule has 0 unspecified atom stereocenters. The molecule has 1 aromatic carbocycles. The van der Waals surface area contributed by atoms with Crippen molar-refractivity contribution < 1.29 is 72.0 Å². The number of cyclic esters (lactones) is 2. The van der Waals surface area contributed by atoms with Crippen molar-refractivity contribution in [2.45, 2.75) is 221 Å². The molecule has 3 fully saturated rings. The van der Waals surface area contributed by atoms with Gasteiger partial charge in [0.2, 0.25) is 35.4 Å². The van der Waals surface area contributed by atoms with Gasteiger partial charge in [0.1, 0.15) is 54.2 Å². The van der Waals surface area contributed by atoms with Crippen LogP contribution in [0.2, 0.25) is 0 Å². The molecule has 3 saturated heterocycles. The molecule has 13 atom stereocenters. The van der Waals surface area contributed by atoms with Gasteiger partial charge in [-0.25, -0.2) is 4.79 Å². The molecule has 0 aliphatic carbocycles. The Morgan fingerprint density at radius 3 is 2.04 bits per heavy atom. The van der Waals surface area contributed by atoms with Crippen LogP contribution < -0.4 is 20.7 Å². The van der Waals surface area contributed by atoms with E-state index in [9.17, 15) is 38.7 Å². The third kappa shape index (κ3) is 17.9. The molecule has 7 amide bonds. The first-order chi connectivity index (χ1) is 38.4. The molecule has 0 radical (unpaired) electrons. The molecule has 0 spiro atoms. The van der Waals surface area contributed by atoms with Gasteiger partial charge in [-0.1, -0.05) is 73.9 Å². The highest BCUT2D eigenvalue weighted by atomic mass is 16.6. The number of carbonyl (C=O) groups excluding carboxylic acids is 10. The summed E-state index contributed by atoms with van der Waals surface area (Å²) in [5.74, 6) is -9.60. The average Bonchev–Trinajstić information content (AvgIpc) is 4.20. The van der Waals surface area contributed by atoms with Crippen LogP contribution in [0, 0.1) is 29.6 Å². The topological polar surface area (TPSA) is 277 Å². The summed E-state index contributed by atoms with van der Waals surface area (Å²) in [5.41, 5.74) is 0.587. The van der Waals surface area contributed by atoms with Gasteiger partial charge >= 0.3 is 11.9 Å². The van der Waals surface area contributed by atoms with Crippen molar-refractivity contribution in [2.75, 3.05) is 34.3 Å². The van der Waals surface area contributed by atoms with E-state index >= 15 is 14.4 Å². The molecule has 3 aliphatic heterocycles. The normalized spacial score (nSPS) is 27.2. The van der Waals surface area contributed by atoms with Crippen molar-refractivity contribution in [3.05, 3.63) is 29.8 Å². The Hall–Kier alpha value is -6.16. The van der Waals surface area contributed by atoms with Gasteiger partial charge in [0.25, 0.3) is 5.91 Å². The van der Waals surface area contributed by atoms with Gasteiger partial charge in [-0.3, -0.25) is 43.2 Å². The van der Waals surface area contributed by atoms with Crippen LogP contribution in [0.5, 0.6) is 5.75 Å². The maximum absolute atomic E-state index is 15.3. The van der Waals surface area contributed by atoms with Gasteiger partial charge in [-0.05, 0) is 115 Å². The highest BCUT2D eigenvalue weighted by molar-refractivity contribution is 6.05. The Labute approximate surface area is 485 Å². The summed E-state index contributed by atoms with van der Waals surface area (Å²) in [4.78, 5) is 150. The molecule has 0 bridgehead atoms. The first-order valence-electron chi connectivity index (χ1n) is 29.4. The van der Waals surface area contributed by atoms with Crippen molar-refractivity contribution in [3.63, 3.8) is 0 Å². The number of aliphatic hydroxyl groups is 1. The molecule has 82 heavy (non-hydrogen) atoms. The van der Waals surface area contributed by atoms with E-state index in [1.807, 2.05) is 41.5 Å². The minimum atomic E-state index is -1.72. The van der Waals surface area contributed by atoms with Gasteiger partial charge in [0.05, 0.1) is 37.7 Å². The number of nitrogens with one attached hydrogen (secondary N) is 3. The summed E-state index contributed by atoms with van der Waals surface area (Å²) in [5, 5.41) is 18.8. The minimum Gasteiger partial charge on any atom is -0.497 e. The van der Waals surface area contributed by atoms with Gasteiger partial charge in [0.15, 0.2) is 11.9 Å². The second-order valence-electron chi connectivity index (χ2n) is 24.1. The van der Waals surface area contributed by atoms with Crippen LogP contribution in [0.4, 0.5) is 0 Å². The first-order valence-corrected chi connectivity index (χ1v) is 29.4. The maximum Gasteiger partial charge on any atom is 0.329 e. The molecular formula is C60H95N7O15. The largest absolute Gasteiger partial charge is 0.497 e. The van der Waals surface area contributed by atoms with Crippen molar-refractivity contribution >= 4 is 59.1 Å². The molecule has 3 heterocycles. The monoisotopic (exact) mass is 1150 g/mol. The summed E-state index contributed by atoms with van der Waals surface area (Å²) >= 11 is 0. The predicted octanol–water partition coefficient (Wildman–Crippen LogP) is 3.75. The molecule has 0 saturated carbocycles. The highest BCUT2D eigenvalue weighted by Gasteiger charge is 2.46. The fourth-order valence-corrected chi connectivity index (χ4v) is 11.0. The van der Waals surface area contributed by atoms with E-state index in [0.717, 1.165) is 0 Å². The Balaban J connectivity index is 1.94. The van der Waals surface area contributed by atoms with E-state index in [0.29, 0.717) is 30.6 Å². The highest BCUT2D eigenvalue weighted by Crippen LogP contribution is 2.28. The molecule has 4 rings (SSSR count). The van der Waals surface area contributed by atoms with Crippen molar-refractivity contribution in [3.8, 4) is 5.75 Å². The van der Waals surface area contributed by atoms with Gasteiger partial charge < -0.3 is 59.6 Å². The third-order valence-corrected chi connectivity index (χ3v) is 15.9. The van der Waals surface area contributed by atoms with Crippen LogP contribution in [-0.2, 0) is 68.6 Å². The number of benzene rings is 1. The Morgan fingerprint density at radius 2 is 1.48 bits per heavy atom. The molecular weight excluding hydrogens is 1060 g/mol. The molecule has 3 aliphatic rings. The number of ether oxygens (including phenoxy) is 4. The zero-order valence-electron chi connectivity index (χ0n) is 51.4. The second kappa shape index (κ2) is 30.9. The van der Waals surface area contributed by atoms with Crippen molar-refractivity contribution in [2.24, 2.45) is 29.6 Å². The number of rotatable bonds is 17. The van der Waals surface area contributed by atoms with Gasteiger partial charge in [-0.15, -0.1) is 0 Å². The number of fused-ring (bicyclic) bond motifs is 1. The van der Waals surface area contributed by atoms with Gasteiger partial charge in [-0.2, -0.15) is 0 Å². The summed E-state index contributed by atoms with van der Waals surface area (Å²) < 4.78 is 24.0. The number of likely N-dealkylation sites (tertiary alicyclic amines) is 1. The van der Waals surface area contributed by atoms with Crippen LogP contribution in [0.3, 0.4) is 0 Å². The number of amides is 7. The molecule has 4 N–H and O–H groups in total. The number of aliphatic hydroxyl groups excluding tert-OH is 1. The quantitative estimate of drug-likeness (QED) is 0.128. The summed E-state index contributed by atoms with van der Waals surface area (Å²) in [6.07, 6.45) is -4.47. The van der Waals surface area contributed by atoms with E-state index in [-0.39, 0.29) is 57.0 Å². The van der Waals surface area contributed by atoms with Crippen LogP contribution in [0.1, 0.15) is 147 Å². The number of Topliss-reactive ketones (excluding diaryl/α,β-unsaturated/α-hetero) is 1. The number of hydrogen-bond donors (Lipinski definition) is 4. The summed E-state index contributed by atoms with van der Waals surface area (Å²) in [6.45, 7) is 22.4. The van der Waals surface area contributed by atoms with Crippen LogP contribution in [0.25, 0.3) is 0 Å². The SMILES string of the molecule is CC[C@H](C)[C@@H]1NC(=O)[C@@H](NC(=O)[C@@H](CC(C)C)N(C)C(=O)[C@@H]2CCCN2C(=O)[C@H](C)O)[C@@H](C)OC(=O)[C@H](Cc2ccc(OC)cc2)N(C)C(=O)[C@@H]2CCCN2C(=O)[C@H](CC(C)C)NC(=O)[C@@H](C)C(=O)[C@H](C(C)C)OC(=O)C[C@H]1OC(C)C. The maximum atomic E-state index is 15.3. The lowest BCUT2D eigenvalue weighted by Gasteiger charge is -2.37. The first kappa shape index (κ1) is 68.3. The second-order valence-corrected chi connectivity index (χ2v) is 24.1. The Bertz CT molecular complexity index is 2400. The lowest BCUT2D eigenvalue weighted by Crippen LogP contribution is -2.62. The lowest BCUT2D eigenvalue weighted by atomic mass is 9.91. The van der Waals surface area contributed by atoms with Crippen molar-refractivity contribution in [1.82, 2.24) is 35.6 Å². The fourth-order valence-electron chi connectivity index (χ4n) is 11.0. The lowest BCUT2D eigenvalue weighted by molar-refractivity contribution is -0.164. The summed E-state index contributed by atoms with van der Waals surface area (Å²) in [6, 6.07) is -1.78. The molecule has 460 valence electrons. The number of ketones is 1. The molecule has 22 nitrogen and oxygen atoms in total. The number of hydrogen-bond acceptors (Lipinski definition) is 15. The molecule has 1 aromatic rings. The smallest absolute Gasteiger partial charge is 0.329 e. The van der Waals surface area contributed by atoms with E-state index in [1.165, 1.54) is 61.6 Å². The van der Waals surface area contributed by atoms with Gasteiger partial charge in [0, 0.05) is 33.6 Å². The number of likely N-dealkylation sites (N-methyl/N-ethyl adjacent to an activating group) is 2. The van der Waals surface area contributed by atoms with E-state index < -0.39 is 156 Å². The predicted molar refractivity (Wildman–Crippen MR) is 304 cm³/mol. The Morgan fingerprint density at radius 1 is 0.841 bits per heavy atom. The van der Waals surface area contributed by atoms with E-state index in [2.05, 4.69) is 16.0 Å². The zero-order valence-corrected chi connectivity index (χ0v) is 51.4. The van der Waals surface area contributed by atoms with Crippen molar-refractivity contribution in [1.29, 1.82) is 0 Å². The van der Waals surface area contributed by atoms with E-state index in [4.69, 9.17) is 18.9 Å². The molecule has 0 aromatic heterocycles. The third-order valence-electron chi connectivity index (χ3n) is 15.9. The van der Waals surface area contributed by atoms with Crippen LogP contribution in [0.15, 0.2) is 24.3 Å². The molecule has 22 heteroatoms. The number of esters is 2. The Kier molecular flexibility index (Phi) is 25.8. The standard InChI is InChI=1S/C60H95N7O15/c1-17-36(10)49-47(80-35(8)9)31-48(69)82-52(34(6)7)51(70)37(11)53(71)61-42(28-32(2)3)57(75)67-27-19-21-44(67)59(77)65(15)46(30-40-22-24-41(79-16)25-23-40)60(78)81-39(13)50(55(73)62-49)63-54(72)45(29-33(4)5)64(14)58(76)43-20-18-26-66(43)56(74)38(12)68/h22-25,32-39,42-47,49-50,52,68H,17-21,26-31H2,1-16H3,(H,61,71)(H,62,73)(H,63,72)/t36-,37-,38-,39+,42-,43-,44-,45+,46-,47+,49-,50-,52-/m0/s1. The fraction of sp³-hybridized carbons (Fsp3) is 0.733. The van der Waals surface area contributed by atoms with Crippen LogP contribution >= 0.6 is 0 Å².